The Bertz CT molecular complexity index is 606. The van der Waals surface area contributed by atoms with Gasteiger partial charge >= 0.3 is 0 Å². The second-order valence-corrected chi connectivity index (χ2v) is 6.28. The van der Waals surface area contributed by atoms with Crippen molar-refractivity contribution in [2.75, 3.05) is 13.2 Å². The van der Waals surface area contributed by atoms with Gasteiger partial charge in [0.1, 0.15) is 5.82 Å². The van der Waals surface area contributed by atoms with E-state index in [0.717, 1.165) is 12.0 Å². The summed E-state index contributed by atoms with van der Waals surface area (Å²) in [7, 11) is 0. The molecule has 1 saturated heterocycles. The van der Waals surface area contributed by atoms with E-state index < -0.39 is 17.8 Å². The summed E-state index contributed by atoms with van der Waals surface area (Å²) in [6, 6.07) is 3.50. The van der Waals surface area contributed by atoms with Crippen LogP contribution >= 0.6 is 11.6 Å². The zero-order chi connectivity index (χ0) is 17.6. The quantitative estimate of drug-likeness (QED) is 0.627. The maximum atomic E-state index is 14.4. The number of hydrogen-bond donors (Lipinski definition) is 0. The average molecular weight is 357 g/mol. The smallest absolute Gasteiger partial charge is 0.177 e. The van der Waals surface area contributed by atoms with Gasteiger partial charge in [0.2, 0.25) is 0 Å². The fourth-order valence-electron chi connectivity index (χ4n) is 2.38. The van der Waals surface area contributed by atoms with Gasteiger partial charge in [0.05, 0.1) is 18.2 Å². The lowest BCUT2D eigenvalue weighted by molar-refractivity contribution is -0.211. The van der Waals surface area contributed by atoms with Crippen LogP contribution in [0, 0.1) is 5.82 Å². The molecule has 1 aromatic rings. The molecule has 0 aliphatic carbocycles. The van der Waals surface area contributed by atoms with E-state index in [9.17, 15) is 8.78 Å². The minimum atomic E-state index is -1.44. The lowest BCUT2D eigenvalue weighted by Gasteiger charge is -2.32. The minimum absolute atomic E-state index is 0.0222. The molecule has 0 amide bonds. The Morgan fingerprint density at radius 1 is 1.33 bits per heavy atom. The Balaban J connectivity index is 2.01. The lowest BCUT2D eigenvalue weighted by Crippen LogP contribution is -2.42. The van der Waals surface area contributed by atoms with E-state index >= 15 is 0 Å². The molecule has 0 atom stereocenters. The molecule has 0 N–H and O–H groups in total. The molecule has 1 aliphatic rings. The number of allylic oxidation sites excluding steroid dienone is 2. The van der Waals surface area contributed by atoms with Crippen LogP contribution in [0.15, 0.2) is 30.4 Å². The van der Waals surface area contributed by atoms with Crippen LogP contribution in [0.2, 0.25) is 5.02 Å². The Hall–Kier alpha value is -1.23. The van der Waals surface area contributed by atoms with Gasteiger partial charge in [-0.3, -0.25) is 0 Å². The van der Waals surface area contributed by atoms with E-state index in [2.05, 4.69) is 0 Å². The molecule has 0 bridgehead atoms. The summed E-state index contributed by atoms with van der Waals surface area (Å²) in [5, 5.41) is 0.140. The zero-order valence-corrected chi connectivity index (χ0v) is 14.8. The first kappa shape index (κ1) is 19.1. The first-order valence-corrected chi connectivity index (χ1v) is 8.55. The van der Waals surface area contributed by atoms with Crippen LogP contribution in [0.25, 0.3) is 6.08 Å². The molecule has 1 aliphatic heterocycles. The molecule has 5 heteroatoms. The zero-order valence-electron chi connectivity index (χ0n) is 14.0. The van der Waals surface area contributed by atoms with Crippen molar-refractivity contribution < 1.29 is 18.3 Å². The summed E-state index contributed by atoms with van der Waals surface area (Å²) in [4.78, 5) is 0. The number of ether oxygens (including phenoxy) is 2. The predicted molar refractivity (Wildman–Crippen MR) is 93.4 cm³/mol. The van der Waals surface area contributed by atoms with Crippen molar-refractivity contribution in [3.8, 4) is 0 Å². The second kappa shape index (κ2) is 8.75. The van der Waals surface area contributed by atoms with Crippen molar-refractivity contribution in [2.45, 2.75) is 45.1 Å². The highest BCUT2D eigenvalue weighted by molar-refractivity contribution is 6.31. The standard InChI is InChI=1S/C19H23ClF2O2/c1-3-5-6-7-14-8-9-15(18(21)17(14)20)10-11-16-23-12-19(22,4-2)13-24-16/h3,5,8-11,16H,4,6-7,12-13H2,1-2H3/b5-3+,11-10+. The second-order valence-electron chi connectivity index (χ2n) is 5.90. The number of alkyl halides is 1. The van der Waals surface area contributed by atoms with E-state index in [4.69, 9.17) is 21.1 Å². The van der Waals surface area contributed by atoms with Gasteiger partial charge in [-0.05, 0) is 37.8 Å². The van der Waals surface area contributed by atoms with Crippen molar-refractivity contribution in [1.29, 1.82) is 0 Å². The van der Waals surface area contributed by atoms with Crippen LogP contribution < -0.4 is 0 Å². The molecule has 24 heavy (non-hydrogen) atoms. The van der Waals surface area contributed by atoms with Crippen molar-refractivity contribution in [2.24, 2.45) is 0 Å². The number of benzene rings is 1. The summed E-state index contributed by atoms with van der Waals surface area (Å²) >= 11 is 6.11. The van der Waals surface area contributed by atoms with Crippen LogP contribution in [0.4, 0.5) is 8.78 Å². The fraction of sp³-hybridized carbons (Fsp3) is 0.474. The van der Waals surface area contributed by atoms with Gasteiger partial charge in [-0.15, -0.1) is 0 Å². The van der Waals surface area contributed by atoms with Crippen LogP contribution in [0.1, 0.15) is 37.8 Å². The highest BCUT2D eigenvalue weighted by Crippen LogP contribution is 2.27. The third kappa shape index (κ3) is 4.88. The largest absolute Gasteiger partial charge is 0.346 e. The van der Waals surface area contributed by atoms with Crippen LogP contribution in [-0.4, -0.2) is 25.2 Å². The fourth-order valence-corrected chi connectivity index (χ4v) is 2.65. The third-order valence-corrected chi connectivity index (χ3v) is 4.50. The van der Waals surface area contributed by atoms with E-state index in [1.165, 1.54) is 0 Å². The molecule has 2 nitrogen and oxygen atoms in total. The average Bonchev–Trinajstić information content (AvgIpc) is 2.59. The highest BCUT2D eigenvalue weighted by Gasteiger charge is 2.34. The van der Waals surface area contributed by atoms with Gasteiger partial charge in [-0.1, -0.05) is 48.9 Å². The van der Waals surface area contributed by atoms with Gasteiger partial charge in [0, 0.05) is 5.56 Å². The molecule has 0 spiro atoms. The molecular weight excluding hydrogens is 334 g/mol. The molecule has 0 radical (unpaired) electrons. The number of rotatable bonds is 6. The van der Waals surface area contributed by atoms with Gasteiger partial charge < -0.3 is 9.47 Å². The highest BCUT2D eigenvalue weighted by atomic mass is 35.5. The summed E-state index contributed by atoms with van der Waals surface area (Å²) in [6.45, 7) is 3.65. The minimum Gasteiger partial charge on any atom is -0.346 e. The third-order valence-electron chi connectivity index (χ3n) is 4.09. The summed E-state index contributed by atoms with van der Waals surface area (Å²) < 4.78 is 39.0. The van der Waals surface area contributed by atoms with Crippen molar-refractivity contribution >= 4 is 17.7 Å². The van der Waals surface area contributed by atoms with E-state index in [-0.39, 0.29) is 18.2 Å². The SMILES string of the molecule is C/C=C/CCc1ccc(/C=C/C2OCC(F)(CC)CO2)c(F)c1Cl. The topological polar surface area (TPSA) is 18.5 Å². The predicted octanol–water partition coefficient (Wildman–Crippen LogP) is 5.49. The van der Waals surface area contributed by atoms with E-state index in [0.29, 0.717) is 18.4 Å². The molecule has 0 aromatic heterocycles. The Morgan fingerprint density at radius 2 is 2.04 bits per heavy atom. The molecule has 0 unspecified atom stereocenters. The molecule has 132 valence electrons. The van der Waals surface area contributed by atoms with Crippen LogP contribution in [0.5, 0.6) is 0 Å². The number of halogens is 3. The van der Waals surface area contributed by atoms with Gasteiger partial charge in [0.15, 0.2) is 12.0 Å². The van der Waals surface area contributed by atoms with E-state index in [1.807, 2.05) is 25.1 Å². The van der Waals surface area contributed by atoms with E-state index in [1.54, 1.807) is 25.1 Å². The monoisotopic (exact) mass is 356 g/mol. The maximum absolute atomic E-state index is 14.4. The number of aryl methyl sites for hydroxylation is 1. The first-order valence-electron chi connectivity index (χ1n) is 8.17. The van der Waals surface area contributed by atoms with Gasteiger partial charge in [0.25, 0.3) is 0 Å². The van der Waals surface area contributed by atoms with Crippen molar-refractivity contribution in [3.63, 3.8) is 0 Å². The van der Waals surface area contributed by atoms with Gasteiger partial charge in [-0.25, -0.2) is 8.78 Å². The molecule has 1 fully saturated rings. The summed E-state index contributed by atoms with van der Waals surface area (Å²) in [5.74, 6) is -0.463. The molecular formula is C19H23ClF2O2. The summed E-state index contributed by atoms with van der Waals surface area (Å²) in [6.07, 6.45) is 8.26. The van der Waals surface area contributed by atoms with Crippen molar-refractivity contribution in [3.05, 3.63) is 52.3 Å². The molecule has 1 heterocycles. The molecule has 1 aromatic carbocycles. The lowest BCUT2D eigenvalue weighted by atomic mass is 10.0. The number of hydrogen-bond acceptors (Lipinski definition) is 2. The Labute approximate surface area is 147 Å². The Morgan fingerprint density at radius 3 is 2.67 bits per heavy atom. The Kier molecular flexibility index (Phi) is 6.96. The maximum Gasteiger partial charge on any atom is 0.177 e. The van der Waals surface area contributed by atoms with Gasteiger partial charge in [-0.2, -0.15) is 0 Å². The first-order chi connectivity index (χ1) is 11.5. The normalized spacial score (nSPS) is 25.0. The summed E-state index contributed by atoms with van der Waals surface area (Å²) in [5.41, 5.74) is -0.303. The van der Waals surface area contributed by atoms with Crippen LogP contribution in [0.3, 0.4) is 0 Å². The van der Waals surface area contributed by atoms with Crippen LogP contribution in [-0.2, 0) is 15.9 Å². The molecule has 0 saturated carbocycles. The molecule has 2 rings (SSSR count). The van der Waals surface area contributed by atoms with Crippen molar-refractivity contribution in [1.82, 2.24) is 0 Å².